The van der Waals surface area contributed by atoms with E-state index >= 15 is 0 Å². The van der Waals surface area contributed by atoms with E-state index < -0.39 is 31.7 Å². The van der Waals surface area contributed by atoms with Crippen molar-refractivity contribution >= 4 is 31.7 Å². The Morgan fingerprint density at radius 3 is 2.11 bits per heavy atom. The zero-order valence-electron chi connectivity index (χ0n) is 12.2. The van der Waals surface area contributed by atoms with Crippen LogP contribution in [0.15, 0.2) is 24.8 Å². The van der Waals surface area contributed by atoms with Crippen LogP contribution in [0.5, 0.6) is 0 Å². The van der Waals surface area contributed by atoms with Crippen LogP contribution in [-0.4, -0.2) is 31.7 Å². The van der Waals surface area contributed by atoms with E-state index in [0.29, 0.717) is 5.57 Å². The first-order valence-corrected chi connectivity index (χ1v) is 14.1. The molecule has 108 valence electrons. The van der Waals surface area contributed by atoms with Crippen LogP contribution in [0.1, 0.15) is 39.5 Å². The molecular formula is C15H26O3Sn. The molecule has 0 aliphatic rings. The third kappa shape index (κ3) is 9.03. The predicted molar refractivity (Wildman–Crippen MR) is 81.8 cm³/mol. The maximum absolute atomic E-state index is 11.6. The Balaban J connectivity index is 4.30. The molecule has 0 unspecified atom stereocenters. The average Bonchev–Trinajstić information content (AvgIpc) is 2.41. The predicted octanol–water partition coefficient (Wildman–Crippen LogP) is 3.63. The Morgan fingerprint density at radius 2 is 1.68 bits per heavy atom. The molecule has 0 aromatic carbocycles. The Bertz CT molecular complexity index is 315. The van der Waals surface area contributed by atoms with E-state index in [1.165, 1.54) is 34.6 Å². The van der Waals surface area contributed by atoms with E-state index in [2.05, 4.69) is 31.7 Å². The summed E-state index contributed by atoms with van der Waals surface area (Å²) in [6.07, 6.45) is 5.90. The minimum absolute atomic E-state index is 0.475. The Hall–Kier alpha value is -0.581. The summed E-state index contributed by atoms with van der Waals surface area (Å²) in [6.45, 7) is 11.4. The standard InChI is InChI=1S/C7H7O3.2C4H9.Sn.H/c1-4-6(8)10-7(9)5(2)3;2*1-3-4-2;;/h4H,1-3H2;2*1,3-4H2,2H3;;. The van der Waals surface area contributed by atoms with Crippen LogP contribution in [0.4, 0.5) is 0 Å². The van der Waals surface area contributed by atoms with Gasteiger partial charge >= 0.3 is 124 Å². The molecule has 0 aromatic heterocycles. The van der Waals surface area contributed by atoms with Crippen molar-refractivity contribution in [2.75, 3.05) is 0 Å². The molecule has 0 amide bonds. The van der Waals surface area contributed by atoms with Gasteiger partial charge in [-0.05, 0) is 0 Å². The molecule has 0 N–H and O–H groups in total. The van der Waals surface area contributed by atoms with Gasteiger partial charge in [-0.2, -0.15) is 0 Å². The number of unbranched alkanes of at least 4 members (excludes halogenated alkanes) is 2. The average molecular weight is 373 g/mol. The number of carbonyl (C=O) groups excluding carboxylic acids is 2. The van der Waals surface area contributed by atoms with Crippen molar-refractivity contribution in [1.29, 1.82) is 0 Å². The molecule has 0 aliphatic carbocycles. The van der Waals surface area contributed by atoms with Crippen molar-refractivity contribution < 1.29 is 14.3 Å². The molecular weight excluding hydrogens is 347 g/mol. The molecule has 0 saturated heterocycles. The zero-order valence-corrected chi connectivity index (χ0v) is 15.5. The quantitative estimate of drug-likeness (QED) is 0.254. The van der Waals surface area contributed by atoms with Crippen LogP contribution in [0.25, 0.3) is 0 Å². The van der Waals surface area contributed by atoms with Crippen molar-refractivity contribution in [1.82, 2.24) is 0 Å². The number of rotatable bonds is 10. The number of ether oxygens (including phenoxy) is 1. The zero-order chi connectivity index (χ0) is 14.7. The Kier molecular flexibility index (Phi) is 10.9. The SMILES string of the molecule is C=CC(=O)OC(=O)C(=C)[CH2][SnH]([CH2]CCC)[CH2]CCC. The number of hydrogen-bond donors (Lipinski definition) is 0. The molecule has 19 heavy (non-hydrogen) atoms. The molecule has 0 fully saturated rings. The van der Waals surface area contributed by atoms with Gasteiger partial charge < -0.3 is 0 Å². The van der Waals surface area contributed by atoms with Gasteiger partial charge in [-0.15, -0.1) is 0 Å². The molecule has 0 heterocycles. The van der Waals surface area contributed by atoms with E-state index in [-0.39, 0.29) is 0 Å². The van der Waals surface area contributed by atoms with Crippen molar-refractivity contribution in [3.05, 3.63) is 24.8 Å². The van der Waals surface area contributed by atoms with Crippen LogP contribution in [0.2, 0.25) is 13.3 Å². The molecule has 0 bridgehead atoms. The van der Waals surface area contributed by atoms with Gasteiger partial charge in [0.2, 0.25) is 0 Å². The summed E-state index contributed by atoms with van der Waals surface area (Å²) in [5.41, 5.74) is 0.475. The molecule has 0 atom stereocenters. The third-order valence-electron chi connectivity index (χ3n) is 3.12. The summed E-state index contributed by atoms with van der Waals surface area (Å²) < 4.78 is 8.04. The van der Waals surface area contributed by atoms with Crippen LogP contribution < -0.4 is 0 Å². The van der Waals surface area contributed by atoms with Gasteiger partial charge in [0, 0.05) is 0 Å². The number of hydrogen-bond acceptors (Lipinski definition) is 3. The van der Waals surface area contributed by atoms with Gasteiger partial charge in [-0.1, -0.05) is 0 Å². The van der Waals surface area contributed by atoms with Gasteiger partial charge in [0.1, 0.15) is 0 Å². The molecule has 0 rings (SSSR count). The monoisotopic (exact) mass is 374 g/mol. The molecule has 0 aromatic rings. The van der Waals surface area contributed by atoms with Crippen molar-refractivity contribution in [3.8, 4) is 0 Å². The third-order valence-corrected chi connectivity index (χ3v) is 13.2. The first kappa shape index (κ1) is 18.4. The first-order chi connectivity index (χ1) is 9.04. The van der Waals surface area contributed by atoms with Gasteiger partial charge in [0.15, 0.2) is 0 Å². The van der Waals surface area contributed by atoms with Crippen LogP contribution in [-0.2, 0) is 14.3 Å². The fraction of sp³-hybridized carbons (Fsp3) is 0.600. The summed E-state index contributed by atoms with van der Waals surface area (Å²) >= 11 is -1.71. The second kappa shape index (κ2) is 11.3. The number of esters is 2. The normalized spacial score (nSPS) is 10.3. The van der Waals surface area contributed by atoms with Gasteiger partial charge in [0.25, 0.3) is 0 Å². The molecule has 0 spiro atoms. The summed E-state index contributed by atoms with van der Waals surface area (Å²) in [5, 5.41) is 0. The van der Waals surface area contributed by atoms with E-state index in [9.17, 15) is 9.59 Å². The fourth-order valence-electron chi connectivity index (χ4n) is 1.97. The van der Waals surface area contributed by atoms with Crippen LogP contribution >= 0.6 is 0 Å². The Morgan fingerprint density at radius 1 is 1.16 bits per heavy atom. The first-order valence-electron chi connectivity index (χ1n) is 7.11. The van der Waals surface area contributed by atoms with Crippen molar-refractivity contribution in [2.24, 2.45) is 0 Å². The van der Waals surface area contributed by atoms with Gasteiger partial charge in [-0.25, -0.2) is 0 Å². The van der Waals surface area contributed by atoms with Gasteiger partial charge in [-0.3, -0.25) is 0 Å². The minimum atomic E-state index is -1.71. The molecule has 0 saturated carbocycles. The molecule has 0 aliphatic heterocycles. The van der Waals surface area contributed by atoms with E-state index in [1.807, 2.05) is 0 Å². The van der Waals surface area contributed by atoms with Crippen molar-refractivity contribution in [2.45, 2.75) is 52.8 Å². The molecule has 0 radical (unpaired) electrons. The maximum atomic E-state index is 11.6. The topological polar surface area (TPSA) is 43.4 Å². The van der Waals surface area contributed by atoms with Crippen LogP contribution in [0.3, 0.4) is 0 Å². The summed E-state index contributed by atoms with van der Waals surface area (Å²) in [7, 11) is 0. The fourth-order valence-corrected chi connectivity index (χ4v) is 12.1. The number of carbonyl (C=O) groups is 2. The van der Waals surface area contributed by atoms with Crippen LogP contribution in [0, 0.1) is 0 Å². The van der Waals surface area contributed by atoms with E-state index in [1.54, 1.807) is 0 Å². The Labute approximate surface area is 123 Å². The summed E-state index contributed by atoms with van der Waals surface area (Å²) in [5.74, 6) is -1.26. The summed E-state index contributed by atoms with van der Waals surface area (Å²) in [6, 6.07) is 0. The second-order valence-electron chi connectivity index (χ2n) is 4.87. The van der Waals surface area contributed by atoms with E-state index in [0.717, 1.165) is 10.5 Å². The van der Waals surface area contributed by atoms with Gasteiger partial charge in [0.05, 0.1) is 0 Å². The molecule has 3 nitrogen and oxygen atoms in total. The molecule has 4 heteroatoms. The van der Waals surface area contributed by atoms with Crippen molar-refractivity contribution in [3.63, 3.8) is 0 Å². The van der Waals surface area contributed by atoms with E-state index in [4.69, 9.17) is 0 Å². The second-order valence-corrected chi connectivity index (χ2v) is 14.3. The summed E-state index contributed by atoms with van der Waals surface area (Å²) in [4.78, 5) is 22.6.